The van der Waals surface area contributed by atoms with Gasteiger partial charge in [-0.1, -0.05) is 50.3 Å². The molecule has 0 aliphatic heterocycles. The monoisotopic (exact) mass is 445 g/mol. The van der Waals surface area contributed by atoms with Crippen molar-refractivity contribution in [2.24, 2.45) is 5.73 Å². The molecule has 3 aromatic rings. The van der Waals surface area contributed by atoms with Crippen LogP contribution in [0, 0.1) is 13.8 Å². The summed E-state index contributed by atoms with van der Waals surface area (Å²) in [6.07, 6.45) is 10.8. The number of H-pyrrole nitrogens is 1. The number of nitrogens with one attached hydrogen (secondary N) is 1. The lowest BCUT2D eigenvalue weighted by Crippen LogP contribution is -1.95. The van der Waals surface area contributed by atoms with Crippen LogP contribution in [0.2, 0.25) is 0 Å². The summed E-state index contributed by atoms with van der Waals surface area (Å²) in [5.41, 5.74) is 13.7. The van der Waals surface area contributed by atoms with E-state index in [-0.39, 0.29) is 6.41 Å². The van der Waals surface area contributed by atoms with Gasteiger partial charge in [-0.3, -0.25) is 19.9 Å². The number of nitrogens with two attached hydrogens (primary N) is 1. The van der Waals surface area contributed by atoms with Crippen molar-refractivity contribution in [1.29, 1.82) is 0 Å². The fraction of sp³-hybridized carbons (Fsp3) is 0.259. The molecule has 0 aliphatic rings. The van der Waals surface area contributed by atoms with E-state index in [1.807, 2.05) is 64.4 Å². The largest absolute Gasteiger partial charge is 0.372 e. The molecule has 174 valence electrons. The van der Waals surface area contributed by atoms with Crippen molar-refractivity contribution in [3.05, 3.63) is 95.2 Å². The molecular weight excluding hydrogens is 410 g/mol. The summed E-state index contributed by atoms with van der Waals surface area (Å²) in [5, 5.41) is 7.57. The number of aromatic nitrogens is 4. The third kappa shape index (κ3) is 9.07. The molecule has 33 heavy (non-hydrogen) atoms. The third-order valence-corrected chi connectivity index (χ3v) is 4.46. The number of carbonyl (C=O) groups excluding carboxylic acids is 1. The highest BCUT2D eigenvalue weighted by Gasteiger charge is 2.08. The molecule has 1 amide bonds. The lowest BCUT2D eigenvalue weighted by atomic mass is 10.0. The number of primary amides is 1. The molecule has 3 N–H and O–H groups in total. The number of pyridine rings is 2. The standard InChI is InChI=1S/C24H26N4.C2H6.CH3NO/c1-16(2)7-6-8-17(3)23-14-22(27-28-23)13-20-11-18(4)24(26-15-20)21-9-10-25-19(5)12-21;1-2;2-1-3/h6-12,14-15H,1,13H2,2-5H3,(H,27,28);1-2H3;1H,(H2,2,3)/b7-6-,17-8+;;. The van der Waals surface area contributed by atoms with E-state index in [0.29, 0.717) is 0 Å². The van der Waals surface area contributed by atoms with E-state index in [0.717, 1.165) is 57.0 Å². The van der Waals surface area contributed by atoms with Crippen LogP contribution < -0.4 is 5.73 Å². The Labute approximate surface area is 197 Å². The van der Waals surface area contributed by atoms with E-state index in [4.69, 9.17) is 9.78 Å². The van der Waals surface area contributed by atoms with Crippen LogP contribution in [0.25, 0.3) is 16.8 Å². The second kappa shape index (κ2) is 14.3. The van der Waals surface area contributed by atoms with Crippen molar-refractivity contribution < 1.29 is 4.79 Å². The number of nitrogens with zero attached hydrogens (tertiary/aromatic N) is 3. The predicted molar refractivity (Wildman–Crippen MR) is 138 cm³/mol. The Morgan fingerprint density at radius 1 is 1.15 bits per heavy atom. The maximum atomic E-state index is 8.58. The first-order valence-corrected chi connectivity index (χ1v) is 10.9. The number of allylic oxidation sites excluding steroid dienone is 5. The summed E-state index contributed by atoms with van der Waals surface area (Å²) in [6.45, 7) is 16.0. The molecule has 0 unspecified atom stereocenters. The lowest BCUT2D eigenvalue weighted by Gasteiger charge is -2.08. The summed E-state index contributed by atoms with van der Waals surface area (Å²) in [7, 11) is 0. The Bertz CT molecular complexity index is 1110. The number of amides is 1. The van der Waals surface area contributed by atoms with Gasteiger partial charge < -0.3 is 5.73 Å². The van der Waals surface area contributed by atoms with E-state index >= 15 is 0 Å². The molecule has 6 nitrogen and oxygen atoms in total. The average molecular weight is 446 g/mol. The van der Waals surface area contributed by atoms with Crippen molar-refractivity contribution >= 4 is 12.0 Å². The van der Waals surface area contributed by atoms with E-state index < -0.39 is 0 Å². The quantitative estimate of drug-likeness (QED) is 0.373. The molecular formula is C27H35N5O. The second-order valence-corrected chi connectivity index (χ2v) is 7.34. The summed E-state index contributed by atoms with van der Waals surface area (Å²) >= 11 is 0. The number of hydrogen-bond acceptors (Lipinski definition) is 4. The summed E-state index contributed by atoms with van der Waals surface area (Å²) in [6, 6.07) is 8.35. The van der Waals surface area contributed by atoms with Crippen molar-refractivity contribution in [3.63, 3.8) is 0 Å². The van der Waals surface area contributed by atoms with Gasteiger partial charge in [0.25, 0.3) is 0 Å². The Hall–Kier alpha value is -3.80. The Morgan fingerprint density at radius 3 is 2.45 bits per heavy atom. The number of aryl methyl sites for hydroxylation is 2. The highest BCUT2D eigenvalue weighted by atomic mass is 16.1. The topological polar surface area (TPSA) is 97.6 Å². The third-order valence-electron chi connectivity index (χ3n) is 4.46. The molecule has 3 heterocycles. The molecule has 6 heteroatoms. The minimum atomic E-state index is 0.250. The maximum absolute atomic E-state index is 8.58. The minimum Gasteiger partial charge on any atom is -0.372 e. The number of carbonyl (C=O) groups is 1. The van der Waals surface area contributed by atoms with Crippen molar-refractivity contribution in [2.45, 2.75) is 48.0 Å². The fourth-order valence-electron chi connectivity index (χ4n) is 3.04. The van der Waals surface area contributed by atoms with Gasteiger partial charge in [-0.25, -0.2) is 0 Å². The smallest absolute Gasteiger partial charge is 0.204 e. The molecule has 3 aromatic heterocycles. The minimum absolute atomic E-state index is 0.250. The van der Waals surface area contributed by atoms with Gasteiger partial charge in [0, 0.05) is 35.8 Å². The summed E-state index contributed by atoms with van der Waals surface area (Å²) in [5.74, 6) is 0. The predicted octanol–water partition coefficient (Wildman–Crippen LogP) is 5.74. The van der Waals surface area contributed by atoms with Gasteiger partial charge in [-0.05, 0) is 62.6 Å². The molecule has 0 atom stereocenters. The molecule has 0 aliphatic carbocycles. The molecule has 0 radical (unpaired) electrons. The van der Waals surface area contributed by atoms with E-state index in [9.17, 15) is 0 Å². The van der Waals surface area contributed by atoms with Crippen LogP contribution in [-0.4, -0.2) is 26.6 Å². The molecule has 0 aromatic carbocycles. The van der Waals surface area contributed by atoms with Gasteiger partial charge in [-0.2, -0.15) is 5.10 Å². The van der Waals surface area contributed by atoms with Crippen LogP contribution in [-0.2, 0) is 11.2 Å². The highest BCUT2D eigenvalue weighted by molar-refractivity contribution is 5.64. The normalized spacial score (nSPS) is 10.7. The van der Waals surface area contributed by atoms with Gasteiger partial charge in [-0.15, -0.1) is 0 Å². The van der Waals surface area contributed by atoms with E-state index in [1.54, 1.807) is 0 Å². The Morgan fingerprint density at radius 2 is 1.85 bits per heavy atom. The van der Waals surface area contributed by atoms with Crippen LogP contribution in [0.15, 0.2) is 67.0 Å². The summed E-state index contributed by atoms with van der Waals surface area (Å²) in [4.78, 5) is 17.5. The second-order valence-electron chi connectivity index (χ2n) is 7.34. The number of aromatic amines is 1. The molecule has 0 spiro atoms. The molecule has 0 bridgehead atoms. The van der Waals surface area contributed by atoms with Crippen LogP contribution >= 0.6 is 0 Å². The van der Waals surface area contributed by atoms with Crippen LogP contribution in [0.4, 0.5) is 0 Å². The molecule has 0 saturated heterocycles. The Balaban J connectivity index is 0.00000101. The van der Waals surface area contributed by atoms with Gasteiger partial charge in [0.1, 0.15) is 0 Å². The van der Waals surface area contributed by atoms with Crippen LogP contribution in [0.3, 0.4) is 0 Å². The first-order chi connectivity index (χ1) is 15.8. The van der Waals surface area contributed by atoms with E-state index in [2.05, 4.69) is 59.5 Å². The highest BCUT2D eigenvalue weighted by Crippen LogP contribution is 2.23. The van der Waals surface area contributed by atoms with Gasteiger partial charge in [0.2, 0.25) is 6.41 Å². The molecule has 0 fully saturated rings. The zero-order valence-corrected chi connectivity index (χ0v) is 20.5. The van der Waals surface area contributed by atoms with Gasteiger partial charge >= 0.3 is 0 Å². The SMILES string of the molecule is C=C(C)/C=C\C=C(/C)c1cc(Cc2cnc(-c3ccnc(C)c3)c(C)c2)[nH]n1.CC.NC=O. The zero-order chi connectivity index (χ0) is 24.8. The number of rotatable bonds is 6. The van der Waals surface area contributed by atoms with Crippen molar-refractivity contribution in [3.8, 4) is 11.3 Å². The number of hydrogen-bond donors (Lipinski definition) is 2. The summed E-state index contributed by atoms with van der Waals surface area (Å²) < 4.78 is 0. The lowest BCUT2D eigenvalue weighted by molar-refractivity contribution is -0.106. The van der Waals surface area contributed by atoms with Crippen LogP contribution in [0.5, 0.6) is 0 Å². The van der Waals surface area contributed by atoms with Crippen molar-refractivity contribution in [1.82, 2.24) is 20.2 Å². The maximum Gasteiger partial charge on any atom is 0.204 e. The average Bonchev–Trinajstić information content (AvgIpc) is 3.24. The van der Waals surface area contributed by atoms with Crippen molar-refractivity contribution in [2.75, 3.05) is 0 Å². The Kier molecular flexibility index (Phi) is 11.8. The van der Waals surface area contributed by atoms with Crippen LogP contribution in [0.1, 0.15) is 55.9 Å². The van der Waals surface area contributed by atoms with Gasteiger partial charge in [0.05, 0.1) is 11.4 Å². The first-order valence-electron chi connectivity index (χ1n) is 10.9. The fourth-order valence-corrected chi connectivity index (χ4v) is 3.04. The molecule has 0 saturated carbocycles. The van der Waals surface area contributed by atoms with E-state index in [1.165, 1.54) is 0 Å². The molecule has 3 rings (SSSR count). The van der Waals surface area contributed by atoms with Gasteiger partial charge in [0.15, 0.2) is 0 Å². The zero-order valence-electron chi connectivity index (χ0n) is 20.5. The first kappa shape index (κ1) is 27.2.